The molecule has 0 spiro atoms. The summed E-state index contributed by atoms with van der Waals surface area (Å²) in [7, 11) is 1.88. The minimum atomic E-state index is -0.202. The maximum absolute atomic E-state index is 13.8. The third kappa shape index (κ3) is 3.79. The summed E-state index contributed by atoms with van der Waals surface area (Å²) in [6, 6.07) is 13.5. The van der Waals surface area contributed by atoms with Crippen LogP contribution < -0.4 is 10.2 Å². The highest BCUT2D eigenvalue weighted by molar-refractivity contribution is 5.46. The average Bonchev–Trinajstić information content (AvgIpc) is 3.30. The summed E-state index contributed by atoms with van der Waals surface area (Å²) in [4.78, 5) is 6.53. The van der Waals surface area contributed by atoms with E-state index in [0.29, 0.717) is 18.3 Å². The van der Waals surface area contributed by atoms with E-state index in [9.17, 15) is 4.39 Å². The third-order valence-corrected chi connectivity index (χ3v) is 3.68. The van der Waals surface area contributed by atoms with Crippen molar-refractivity contribution >= 4 is 5.69 Å². The average molecular weight is 285 g/mol. The van der Waals surface area contributed by atoms with Crippen molar-refractivity contribution in [2.24, 2.45) is 0 Å². The Balaban J connectivity index is 1.66. The molecular weight excluding hydrogens is 265 g/mol. The van der Waals surface area contributed by atoms with Crippen LogP contribution in [-0.2, 0) is 13.1 Å². The molecule has 0 bridgehead atoms. The van der Waals surface area contributed by atoms with E-state index in [-0.39, 0.29) is 5.82 Å². The van der Waals surface area contributed by atoms with E-state index in [1.807, 2.05) is 36.2 Å². The Morgan fingerprint density at radius 2 is 1.90 bits per heavy atom. The second-order valence-corrected chi connectivity index (χ2v) is 5.58. The van der Waals surface area contributed by atoms with Crippen LogP contribution in [0.15, 0.2) is 42.5 Å². The van der Waals surface area contributed by atoms with Crippen molar-refractivity contribution in [2.45, 2.75) is 32.0 Å². The van der Waals surface area contributed by atoms with Gasteiger partial charge >= 0.3 is 0 Å². The van der Waals surface area contributed by atoms with Gasteiger partial charge in [0.15, 0.2) is 0 Å². The van der Waals surface area contributed by atoms with Gasteiger partial charge in [0.25, 0.3) is 0 Å². The highest BCUT2D eigenvalue weighted by Crippen LogP contribution is 2.20. The smallest absolute Gasteiger partial charge is 0.146 e. The lowest BCUT2D eigenvalue weighted by atomic mass is 10.2. The van der Waals surface area contributed by atoms with E-state index in [2.05, 4.69) is 10.3 Å². The van der Waals surface area contributed by atoms with Crippen molar-refractivity contribution in [1.82, 2.24) is 10.3 Å². The van der Waals surface area contributed by atoms with Gasteiger partial charge in [-0.25, -0.2) is 4.39 Å². The van der Waals surface area contributed by atoms with Crippen LogP contribution >= 0.6 is 0 Å². The molecular formula is C17H20FN3. The van der Waals surface area contributed by atoms with Gasteiger partial charge in [0.1, 0.15) is 5.82 Å². The van der Waals surface area contributed by atoms with Gasteiger partial charge in [-0.2, -0.15) is 0 Å². The summed E-state index contributed by atoms with van der Waals surface area (Å²) in [5.41, 5.74) is 2.60. The molecule has 1 fully saturated rings. The van der Waals surface area contributed by atoms with Crippen LogP contribution in [0.25, 0.3) is 0 Å². The molecule has 0 aliphatic heterocycles. The lowest BCUT2D eigenvalue weighted by Gasteiger charge is -2.19. The molecule has 1 aliphatic carbocycles. The summed E-state index contributed by atoms with van der Waals surface area (Å²) in [6.07, 6.45) is 2.55. The molecule has 1 aromatic carbocycles. The van der Waals surface area contributed by atoms with Gasteiger partial charge in [-0.15, -0.1) is 0 Å². The van der Waals surface area contributed by atoms with E-state index in [1.54, 1.807) is 12.1 Å². The number of hydrogen-bond acceptors (Lipinski definition) is 3. The Morgan fingerprint density at radius 1 is 1.14 bits per heavy atom. The van der Waals surface area contributed by atoms with Crippen molar-refractivity contribution in [1.29, 1.82) is 0 Å². The largest absolute Gasteiger partial charge is 0.366 e. The Bertz CT molecular complexity index is 610. The Kier molecular flexibility index (Phi) is 4.15. The molecule has 110 valence electrons. The van der Waals surface area contributed by atoms with Gasteiger partial charge in [0.05, 0.1) is 23.6 Å². The van der Waals surface area contributed by atoms with Gasteiger partial charge in [-0.05, 0) is 37.1 Å². The minimum absolute atomic E-state index is 0.202. The zero-order valence-corrected chi connectivity index (χ0v) is 12.2. The third-order valence-electron chi connectivity index (χ3n) is 3.68. The molecule has 1 aromatic heterocycles. The quantitative estimate of drug-likeness (QED) is 0.884. The first-order valence-electron chi connectivity index (χ1n) is 7.36. The molecule has 1 aliphatic rings. The first kappa shape index (κ1) is 14.0. The lowest BCUT2D eigenvalue weighted by Crippen LogP contribution is -2.20. The molecule has 0 atom stereocenters. The highest BCUT2D eigenvalue weighted by atomic mass is 19.1. The van der Waals surface area contributed by atoms with Crippen LogP contribution in [0.3, 0.4) is 0 Å². The maximum atomic E-state index is 13.8. The van der Waals surface area contributed by atoms with Crippen LogP contribution in [0.1, 0.15) is 24.2 Å². The minimum Gasteiger partial charge on any atom is -0.366 e. The molecule has 1 heterocycles. The fraction of sp³-hybridized carbons (Fsp3) is 0.353. The second kappa shape index (κ2) is 6.22. The van der Waals surface area contributed by atoms with Crippen LogP contribution in [0, 0.1) is 5.82 Å². The summed E-state index contributed by atoms with van der Waals surface area (Å²) in [5.74, 6) is -0.202. The molecule has 2 aromatic rings. The number of nitrogens with one attached hydrogen (secondary N) is 1. The molecule has 3 rings (SSSR count). The summed E-state index contributed by atoms with van der Waals surface area (Å²) in [5, 5.41) is 3.46. The normalized spacial score (nSPS) is 14.2. The number of para-hydroxylation sites is 1. The molecule has 0 unspecified atom stereocenters. The van der Waals surface area contributed by atoms with Gasteiger partial charge in [-0.1, -0.05) is 18.2 Å². The highest BCUT2D eigenvalue weighted by Gasteiger charge is 2.20. The topological polar surface area (TPSA) is 28.2 Å². The molecule has 4 heteroatoms. The van der Waals surface area contributed by atoms with E-state index >= 15 is 0 Å². The number of anilines is 1. The number of hydrogen-bond donors (Lipinski definition) is 1. The molecule has 0 radical (unpaired) electrons. The lowest BCUT2D eigenvalue weighted by molar-refractivity contribution is 0.621. The van der Waals surface area contributed by atoms with E-state index in [4.69, 9.17) is 0 Å². The van der Waals surface area contributed by atoms with Gasteiger partial charge in [0.2, 0.25) is 0 Å². The molecule has 1 saturated carbocycles. The van der Waals surface area contributed by atoms with Crippen molar-refractivity contribution in [3.05, 3.63) is 59.7 Å². The number of nitrogens with zero attached hydrogens (tertiary/aromatic N) is 2. The molecule has 0 amide bonds. The number of pyridine rings is 1. The second-order valence-electron chi connectivity index (χ2n) is 5.58. The van der Waals surface area contributed by atoms with E-state index < -0.39 is 0 Å². The number of benzene rings is 1. The fourth-order valence-corrected chi connectivity index (χ4v) is 2.34. The SMILES string of the molecule is CN(Cc1cccc(CNC2CC2)n1)c1ccccc1F. The van der Waals surface area contributed by atoms with E-state index in [1.165, 1.54) is 18.9 Å². The first-order valence-corrected chi connectivity index (χ1v) is 7.36. The van der Waals surface area contributed by atoms with Crippen LogP contribution in [0.4, 0.5) is 10.1 Å². The molecule has 0 saturated heterocycles. The van der Waals surface area contributed by atoms with Crippen LogP contribution in [-0.4, -0.2) is 18.1 Å². The number of rotatable bonds is 6. The van der Waals surface area contributed by atoms with Gasteiger partial charge in [0, 0.05) is 19.6 Å². The fourth-order valence-electron chi connectivity index (χ4n) is 2.34. The van der Waals surface area contributed by atoms with Crippen molar-refractivity contribution in [3.8, 4) is 0 Å². The van der Waals surface area contributed by atoms with Crippen LogP contribution in [0.5, 0.6) is 0 Å². The van der Waals surface area contributed by atoms with Gasteiger partial charge in [-0.3, -0.25) is 4.98 Å². The van der Waals surface area contributed by atoms with Crippen LogP contribution in [0.2, 0.25) is 0 Å². The van der Waals surface area contributed by atoms with Crippen molar-refractivity contribution < 1.29 is 4.39 Å². The predicted octanol–water partition coefficient (Wildman–Crippen LogP) is 3.11. The number of halogens is 1. The summed E-state index contributed by atoms with van der Waals surface area (Å²) in [6.45, 7) is 1.40. The Hall–Kier alpha value is -1.94. The van der Waals surface area contributed by atoms with Gasteiger partial charge < -0.3 is 10.2 Å². The maximum Gasteiger partial charge on any atom is 0.146 e. The first-order chi connectivity index (χ1) is 10.2. The summed E-state index contributed by atoms with van der Waals surface area (Å²) >= 11 is 0. The van der Waals surface area contributed by atoms with Crippen molar-refractivity contribution in [3.63, 3.8) is 0 Å². The standard InChI is InChI=1S/C17H20FN3/c1-21(17-8-3-2-7-16(17)18)12-15-6-4-5-14(20-15)11-19-13-9-10-13/h2-8,13,19H,9-12H2,1H3. The number of aromatic nitrogens is 1. The zero-order chi connectivity index (χ0) is 14.7. The molecule has 1 N–H and O–H groups in total. The molecule has 21 heavy (non-hydrogen) atoms. The summed E-state index contributed by atoms with van der Waals surface area (Å²) < 4.78 is 13.8. The Morgan fingerprint density at radius 3 is 2.67 bits per heavy atom. The van der Waals surface area contributed by atoms with E-state index in [0.717, 1.165) is 17.9 Å². The zero-order valence-electron chi connectivity index (χ0n) is 12.2. The van der Waals surface area contributed by atoms with Crippen molar-refractivity contribution in [2.75, 3.05) is 11.9 Å². The monoisotopic (exact) mass is 285 g/mol. The molecule has 3 nitrogen and oxygen atoms in total. The predicted molar refractivity (Wildman–Crippen MR) is 82.6 cm³/mol. The Labute approximate surface area is 124 Å².